The predicted octanol–water partition coefficient (Wildman–Crippen LogP) is 3.50. The lowest BCUT2D eigenvalue weighted by molar-refractivity contribution is 0.0995. The molecule has 2 heteroatoms. The number of rotatable bonds is 4. The Morgan fingerprint density at radius 3 is 1.50 bits per heavy atom. The van der Waals surface area contributed by atoms with Crippen LogP contribution >= 0.6 is 7.92 Å². The van der Waals surface area contributed by atoms with Crippen molar-refractivity contribution in [1.29, 1.82) is 0 Å². The highest BCUT2D eigenvalue weighted by atomic mass is 31.1. The third-order valence-corrected chi connectivity index (χ3v) is 5.96. The molecule has 1 nitrogen and oxygen atoms in total. The first-order chi connectivity index (χ1) is 8.65. The zero-order valence-corrected chi connectivity index (χ0v) is 12.0. The maximum atomic E-state index is 5.74. The molecule has 0 saturated heterocycles. The first-order valence-electron chi connectivity index (χ1n) is 6.10. The SMILES string of the molecule is COC(C)(C)P(c1ccccc1)c1ccccc1. The summed E-state index contributed by atoms with van der Waals surface area (Å²) in [6.07, 6.45) is 0. The van der Waals surface area contributed by atoms with Gasteiger partial charge in [-0.05, 0) is 32.4 Å². The van der Waals surface area contributed by atoms with E-state index in [1.165, 1.54) is 10.6 Å². The fourth-order valence-electron chi connectivity index (χ4n) is 2.02. The van der Waals surface area contributed by atoms with Gasteiger partial charge in [0.2, 0.25) is 0 Å². The van der Waals surface area contributed by atoms with E-state index in [0.29, 0.717) is 0 Å². The van der Waals surface area contributed by atoms with Crippen LogP contribution in [0.5, 0.6) is 0 Å². The summed E-state index contributed by atoms with van der Waals surface area (Å²) in [6.45, 7) is 4.33. The van der Waals surface area contributed by atoms with Crippen molar-refractivity contribution < 1.29 is 4.74 Å². The monoisotopic (exact) mass is 258 g/mol. The Morgan fingerprint density at radius 1 is 0.778 bits per heavy atom. The second-order valence-electron chi connectivity index (χ2n) is 4.66. The largest absolute Gasteiger partial charge is 0.374 e. The van der Waals surface area contributed by atoms with Crippen molar-refractivity contribution in [3.05, 3.63) is 60.7 Å². The third-order valence-electron chi connectivity index (χ3n) is 3.07. The van der Waals surface area contributed by atoms with Crippen LogP contribution in [0, 0.1) is 0 Å². The zero-order chi connectivity index (χ0) is 13.0. The van der Waals surface area contributed by atoms with Crippen LogP contribution in [-0.4, -0.2) is 12.5 Å². The van der Waals surface area contributed by atoms with E-state index in [2.05, 4.69) is 74.5 Å². The van der Waals surface area contributed by atoms with Gasteiger partial charge in [-0.3, -0.25) is 0 Å². The molecular weight excluding hydrogens is 239 g/mol. The van der Waals surface area contributed by atoms with Crippen molar-refractivity contribution in [1.82, 2.24) is 0 Å². The molecule has 0 aromatic heterocycles. The predicted molar refractivity (Wildman–Crippen MR) is 80.2 cm³/mol. The van der Waals surface area contributed by atoms with Gasteiger partial charge in [0.25, 0.3) is 0 Å². The van der Waals surface area contributed by atoms with Crippen LogP contribution in [0.25, 0.3) is 0 Å². The van der Waals surface area contributed by atoms with E-state index >= 15 is 0 Å². The van der Waals surface area contributed by atoms with E-state index in [9.17, 15) is 0 Å². The minimum Gasteiger partial charge on any atom is -0.374 e. The van der Waals surface area contributed by atoms with Crippen LogP contribution < -0.4 is 10.6 Å². The molecule has 0 aliphatic rings. The fourth-order valence-corrected chi connectivity index (χ4v) is 4.68. The fraction of sp³-hybridized carbons (Fsp3) is 0.250. The summed E-state index contributed by atoms with van der Waals surface area (Å²) < 4.78 is 5.74. The minimum atomic E-state index is -0.516. The lowest BCUT2D eigenvalue weighted by Crippen LogP contribution is -2.30. The van der Waals surface area contributed by atoms with Gasteiger partial charge in [-0.2, -0.15) is 0 Å². The average Bonchev–Trinajstić information content (AvgIpc) is 2.41. The molecule has 0 aliphatic carbocycles. The molecule has 0 radical (unpaired) electrons. The van der Waals surface area contributed by atoms with Crippen molar-refractivity contribution in [3.63, 3.8) is 0 Å². The number of benzene rings is 2. The van der Waals surface area contributed by atoms with Gasteiger partial charge >= 0.3 is 0 Å². The minimum absolute atomic E-state index is 0.169. The summed E-state index contributed by atoms with van der Waals surface area (Å²) in [5.74, 6) is 0. The highest BCUT2D eigenvalue weighted by Crippen LogP contribution is 2.47. The van der Waals surface area contributed by atoms with Crippen molar-refractivity contribution in [2.75, 3.05) is 7.11 Å². The van der Waals surface area contributed by atoms with Gasteiger partial charge in [-0.1, -0.05) is 60.7 Å². The summed E-state index contributed by atoms with van der Waals surface area (Å²) in [7, 11) is 1.28. The van der Waals surface area contributed by atoms with Crippen LogP contribution in [0.3, 0.4) is 0 Å². The molecule has 0 N–H and O–H groups in total. The second kappa shape index (κ2) is 5.65. The Morgan fingerprint density at radius 2 is 1.17 bits per heavy atom. The van der Waals surface area contributed by atoms with Crippen LogP contribution in [0.2, 0.25) is 0 Å². The first kappa shape index (κ1) is 13.3. The molecule has 2 aromatic rings. The molecule has 0 bridgehead atoms. The maximum Gasteiger partial charge on any atom is 0.0893 e. The molecule has 0 fully saturated rings. The summed E-state index contributed by atoms with van der Waals surface area (Å²) >= 11 is 0. The molecular formula is C16H19OP. The van der Waals surface area contributed by atoms with Gasteiger partial charge in [0, 0.05) is 7.11 Å². The van der Waals surface area contributed by atoms with E-state index < -0.39 is 7.92 Å². The number of hydrogen-bond donors (Lipinski definition) is 0. The summed E-state index contributed by atoms with van der Waals surface area (Å²) in [5.41, 5.74) is 0. The van der Waals surface area contributed by atoms with Crippen molar-refractivity contribution in [2.24, 2.45) is 0 Å². The van der Waals surface area contributed by atoms with Crippen LogP contribution in [-0.2, 0) is 4.74 Å². The lowest BCUT2D eigenvalue weighted by Gasteiger charge is -2.34. The van der Waals surface area contributed by atoms with Crippen LogP contribution in [0.4, 0.5) is 0 Å². The summed E-state index contributed by atoms with van der Waals surface area (Å²) in [5, 5.41) is 2.54. The molecule has 0 saturated carbocycles. The third kappa shape index (κ3) is 2.80. The second-order valence-corrected chi connectivity index (χ2v) is 7.44. The molecule has 0 atom stereocenters. The average molecular weight is 258 g/mol. The molecule has 94 valence electrons. The molecule has 0 spiro atoms. The van der Waals surface area contributed by atoms with Gasteiger partial charge in [-0.15, -0.1) is 0 Å². The van der Waals surface area contributed by atoms with E-state index in [4.69, 9.17) is 4.74 Å². The molecule has 0 unspecified atom stereocenters. The highest BCUT2D eigenvalue weighted by molar-refractivity contribution is 7.74. The Hall–Kier alpha value is -1.17. The maximum absolute atomic E-state index is 5.74. The topological polar surface area (TPSA) is 9.23 Å². The van der Waals surface area contributed by atoms with E-state index in [-0.39, 0.29) is 5.34 Å². The molecule has 2 rings (SSSR count). The molecule has 0 heterocycles. The van der Waals surface area contributed by atoms with Crippen LogP contribution in [0.15, 0.2) is 60.7 Å². The Bertz CT molecular complexity index is 439. The van der Waals surface area contributed by atoms with Gasteiger partial charge in [0.1, 0.15) is 0 Å². The van der Waals surface area contributed by atoms with E-state index in [1.54, 1.807) is 7.11 Å². The zero-order valence-electron chi connectivity index (χ0n) is 11.1. The Balaban J connectivity index is 2.49. The number of ether oxygens (including phenoxy) is 1. The lowest BCUT2D eigenvalue weighted by atomic mass is 10.4. The number of hydrogen-bond acceptors (Lipinski definition) is 1. The Labute approximate surface area is 111 Å². The molecule has 2 aromatic carbocycles. The van der Waals surface area contributed by atoms with Crippen molar-refractivity contribution >= 4 is 18.5 Å². The van der Waals surface area contributed by atoms with Crippen molar-refractivity contribution in [3.8, 4) is 0 Å². The normalized spacial score (nSPS) is 11.8. The quantitative estimate of drug-likeness (QED) is 0.763. The van der Waals surface area contributed by atoms with Gasteiger partial charge in [0.05, 0.1) is 5.34 Å². The van der Waals surface area contributed by atoms with E-state index in [1.807, 2.05) is 0 Å². The Kier molecular flexibility index (Phi) is 4.16. The number of methoxy groups -OCH3 is 1. The van der Waals surface area contributed by atoms with Gasteiger partial charge in [0.15, 0.2) is 0 Å². The van der Waals surface area contributed by atoms with Gasteiger partial charge in [-0.25, -0.2) is 0 Å². The standard InChI is InChI=1S/C16H19OP/c1-16(2,17-3)18(14-10-6-4-7-11-14)15-12-8-5-9-13-15/h4-13H,1-3H3. The van der Waals surface area contributed by atoms with Crippen molar-refractivity contribution in [2.45, 2.75) is 19.2 Å². The summed E-state index contributed by atoms with van der Waals surface area (Å²) in [4.78, 5) is 0. The smallest absolute Gasteiger partial charge is 0.0893 e. The van der Waals surface area contributed by atoms with E-state index in [0.717, 1.165) is 0 Å². The molecule has 18 heavy (non-hydrogen) atoms. The van der Waals surface area contributed by atoms with Crippen LogP contribution in [0.1, 0.15) is 13.8 Å². The summed E-state index contributed by atoms with van der Waals surface area (Å²) in [6, 6.07) is 21.3. The van der Waals surface area contributed by atoms with Gasteiger partial charge < -0.3 is 4.74 Å². The molecule has 0 amide bonds. The molecule has 0 aliphatic heterocycles. The first-order valence-corrected chi connectivity index (χ1v) is 7.45. The highest BCUT2D eigenvalue weighted by Gasteiger charge is 2.31.